The standard InChI is InChI=1S/C14H19NO4S2/c1-2-19-14(16)12-5-6-13(15-8-12)20-9-11-4-3-7-21(17,18)10-11/h5-6,8,11H,2-4,7,9-10H2,1H3/t11-/m1/s1. The molecule has 1 aliphatic rings. The molecule has 1 aromatic rings. The van der Waals surface area contributed by atoms with Crippen molar-refractivity contribution in [2.45, 2.75) is 24.8 Å². The zero-order valence-electron chi connectivity index (χ0n) is 11.9. The highest BCUT2D eigenvalue weighted by Gasteiger charge is 2.24. The van der Waals surface area contributed by atoms with Crippen LogP contribution >= 0.6 is 11.8 Å². The first-order valence-electron chi connectivity index (χ1n) is 6.96. The second-order valence-electron chi connectivity index (χ2n) is 5.04. The van der Waals surface area contributed by atoms with Gasteiger partial charge in [0.2, 0.25) is 0 Å². The Bertz CT molecular complexity index is 583. The van der Waals surface area contributed by atoms with Gasteiger partial charge in [0.1, 0.15) is 0 Å². The molecule has 1 saturated heterocycles. The van der Waals surface area contributed by atoms with Crippen molar-refractivity contribution in [3.8, 4) is 0 Å². The van der Waals surface area contributed by atoms with E-state index in [1.54, 1.807) is 19.1 Å². The van der Waals surface area contributed by atoms with Gasteiger partial charge >= 0.3 is 5.97 Å². The van der Waals surface area contributed by atoms with Gasteiger partial charge in [-0.05, 0) is 37.8 Å². The average molecular weight is 329 g/mol. The molecule has 0 aliphatic carbocycles. The molecule has 0 N–H and O–H groups in total. The molecule has 21 heavy (non-hydrogen) atoms. The number of carbonyl (C=O) groups excluding carboxylic acids is 1. The summed E-state index contributed by atoms with van der Waals surface area (Å²) in [6.45, 7) is 2.10. The summed E-state index contributed by atoms with van der Waals surface area (Å²) >= 11 is 1.53. The Morgan fingerprint density at radius 3 is 2.90 bits per heavy atom. The number of hydrogen-bond acceptors (Lipinski definition) is 6. The van der Waals surface area contributed by atoms with Crippen LogP contribution in [0.2, 0.25) is 0 Å². The summed E-state index contributed by atoms with van der Waals surface area (Å²) in [6, 6.07) is 3.46. The first-order valence-corrected chi connectivity index (χ1v) is 9.77. The third-order valence-corrected chi connectivity index (χ3v) is 6.34. The van der Waals surface area contributed by atoms with E-state index in [2.05, 4.69) is 4.98 Å². The minimum Gasteiger partial charge on any atom is -0.462 e. The molecule has 1 aliphatic heterocycles. The number of pyridine rings is 1. The largest absolute Gasteiger partial charge is 0.462 e. The highest BCUT2D eigenvalue weighted by Crippen LogP contribution is 2.25. The lowest BCUT2D eigenvalue weighted by molar-refractivity contribution is 0.0525. The number of esters is 1. The molecule has 1 aromatic heterocycles. The fourth-order valence-electron chi connectivity index (χ4n) is 2.25. The van der Waals surface area contributed by atoms with Crippen molar-refractivity contribution in [1.29, 1.82) is 0 Å². The molecule has 2 heterocycles. The molecule has 0 saturated carbocycles. The number of carbonyl (C=O) groups is 1. The zero-order chi connectivity index (χ0) is 15.3. The highest BCUT2D eigenvalue weighted by atomic mass is 32.2. The molecular weight excluding hydrogens is 310 g/mol. The second-order valence-corrected chi connectivity index (χ2v) is 8.31. The Morgan fingerprint density at radius 1 is 1.48 bits per heavy atom. The maximum atomic E-state index is 11.6. The minimum absolute atomic E-state index is 0.195. The smallest absolute Gasteiger partial charge is 0.339 e. The molecule has 5 nitrogen and oxygen atoms in total. The van der Waals surface area contributed by atoms with Gasteiger partial charge in [0.25, 0.3) is 0 Å². The van der Waals surface area contributed by atoms with Gasteiger partial charge in [-0.15, -0.1) is 11.8 Å². The maximum absolute atomic E-state index is 11.6. The molecule has 116 valence electrons. The Morgan fingerprint density at radius 2 is 2.29 bits per heavy atom. The van der Waals surface area contributed by atoms with E-state index in [9.17, 15) is 13.2 Å². The van der Waals surface area contributed by atoms with Crippen molar-refractivity contribution in [2.75, 3.05) is 23.9 Å². The van der Waals surface area contributed by atoms with Crippen molar-refractivity contribution >= 4 is 27.6 Å². The molecule has 0 radical (unpaired) electrons. The quantitative estimate of drug-likeness (QED) is 0.609. The summed E-state index contributed by atoms with van der Waals surface area (Å²) in [4.78, 5) is 15.7. The van der Waals surface area contributed by atoms with E-state index in [1.165, 1.54) is 18.0 Å². The van der Waals surface area contributed by atoms with Crippen LogP contribution in [0.3, 0.4) is 0 Å². The number of thioether (sulfide) groups is 1. The van der Waals surface area contributed by atoms with E-state index in [0.717, 1.165) is 23.6 Å². The van der Waals surface area contributed by atoms with Crippen molar-refractivity contribution in [2.24, 2.45) is 5.92 Å². The SMILES string of the molecule is CCOC(=O)c1ccc(SC[C@H]2CCCS(=O)(=O)C2)nc1. The van der Waals surface area contributed by atoms with Gasteiger partial charge in [0.05, 0.1) is 28.7 Å². The van der Waals surface area contributed by atoms with Crippen molar-refractivity contribution in [3.63, 3.8) is 0 Å². The highest BCUT2D eigenvalue weighted by molar-refractivity contribution is 7.99. The third kappa shape index (κ3) is 5.00. The number of rotatable bonds is 5. The summed E-state index contributed by atoms with van der Waals surface area (Å²) in [5.41, 5.74) is 0.432. The first kappa shape index (κ1) is 16.3. The van der Waals surface area contributed by atoms with Gasteiger partial charge in [0, 0.05) is 11.9 Å². The van der Waals surface area contributed by atoms with Crippen molar-refractivity contribution < 1.29 is 17.9 Å². The molecule has 2 rings (SSSR count). The van der Waals surface area contributed by atoms with Crippen LogP contribution in [0, 0.1) is 5.92 Å². The zero-order valence-corrected chi connectivity index (χ0v) is 13.6. The van der Waals surface area contributed by atoms with Gasteiger partial charge in [-0.2, -0.15) is 0 Å². The topological polar surface area (TPSA) is 73.3 Å². The molecule has 1 fully saturated rings. The normalized spacial score (nSPS) is 20.9. The molecular formula is C14H19NO4S2. The number of nitrogens with zero attached hydrogens (tertiary/aromatic N) is 1. The first-order chi connectivity index (χ1) is 10.00. The van der Waals surface area contributed by atoms with Crippen LogP contribution in [-0.4, -0.2) is 43.2 Å². The Balaban J connectivity index is 1.87. The van der Waals surface area contributed by atoms with Gasteiger partial charge < -0.3 is 4.74 Å². The Kier molecular flexibility index (Phi) is 5.64. The predicted octanol–water partition coefficient (Wildman–Crippen LogP) is 2.18. The molecule has 0 amide bonds. The van der Waals surface area contributed by atoms with Gasteiger partial charge in [-0.3, -0.25) is 0 Å². The van der Waals surface area contributed by atoms with Crippen molar-refractivity contribution in [1.82, 2.24) is 4.98 Å². The predicted molar refractivity (Wildman–Crippen MR) is 82.3 cm³/mol. The third-order valence-electron chi connectivity index (χ3n) is 3.27. The fourth-order valence-corrected chi connectivity index (χ4v) is 5.16. The van der Waals surface area contributed by atoms with Crippen LogP contribution in [-0.2, 0) is 14.6 Å². The minimum atomic E-state index is -2.86. The van der Waals surface area contributed by atoms with Crippen molar-refractivity contribution in [3.05, 3.63) is 23.9 Å². The lowest BCUT2D eigenvalue weighted by atomic mass is 10.1. The maximum Gasteiger partial charge on any atom is 0.339 e. The lowest BCUT2D eigenvalue weighted by Gasteiger charge is -2.21. The van der Waals surface area contributed by atoms with E-state index in [4.69, 9.17) is 4.74 Å². The molecule has 0 aromatic carbocycles. The number of sulfone groups is 1. The lowest BCUT2D eigenvalue weighted by Crippen LogP contribution is -2.26. The monoisotopic (exact) mass is 329 g/mol. The van der Waals surface area contributed by atoms with E-state index >= 15 is 0 Å². The van der Waals surface area contributed by atoms with E-state index in [-0.39, 0.29) is 17.6 Å². The summed E-state index contributed by atoms with van der Waals surface area (Å²) in [5, 5.41) is 0.797. The van der Waals surface area contributed by atoms with Crippen LogP contribution in [0.15, 0.2) is 23.4 Å². The van der Waals surface area contributed by atoms with Crippen LogP contribution in [0.1, 0.15) is 30.1 Å². The fraction of sp³-hybridized carbons (Fsp3) is 0.571. The molecule has 1 atom stereocenters. The van der Waals surface area contributed by atoms with Crippen LogP contribution < -0.4 is 0 Å². The Hall–Kier alpha value is -1.08. The summed E-state index contributed by atoms with van der Waals surface area (Å²) < 4.78 is 28.0. The molecule has 7 heteroatoms. The summed E-state index contributed by atoms with van der Waals surface area (Å²) in [5.74, 6) is 1.16. The number of aromatic nitrogens is 1. The Labute approximate surface area is 129 Å². The summed E-state index contributed by atoms with van der Waals surface area (Å²) in [7, 11) is -2.86. The molecule has 0 bridgehead atoms. The number of ether oxygens (including phenoxy) is 1. The molecule has 0 spiro atoms. The van der Waals surface area contributed by atoms with Crippen LogP contribution in [0.5, 0.6) is 0 Å². The summed E-state index contributed by atoms with van der Waals surface area (Å²) in [6.07, 6.45) is 3.20. The van der Waals surface area contributed by atoms with E-state index in [1.807, 2.05) is 0 Å². The van der Waals surface area contributed by atoms with Gasteiger partial charge in [-0.1, -0.05) is 0 Å². The van der Waals surface area contributed by atoms with Gasteiger partial charge in [0.15, 0.2) is 9.84 Å². The van der Waals surface area contributed by atoms with Crippen LogP contribution in [0.25, 0.3) is 0 Å². The average Bonchev–Trinajstić information content (AvgIpc) is 2.45. The van der Waals surface area contributed by atoms with Crippen LogP contribution in [0.4, 0.5) is 0 Å². The number of hydrogen-bond donors (Lipinski definition) is 0. The van der Waals surface area contributed by atoms with E-state index < -0.39 is 9.84 Å². The second kappa shape index (κ2) is 7.26. The van der Waals surface area contributed by atoms with E-state index in [0.29, 0.717) is 17.9 Å². The van der Waals surface area contributed by atoms with Gasteiger partial charge in [-0.25, -0.2) is 18.2 Å². The molecule has 0 unspecified atom stereocenters.